The zero-order chi connectivity index (χ0) is 24.2. The van der Waals surface area contributed by atoms with Gasteiger partial charge in [0.25, 0.3) is 0 Å². The number of allylic oxidation sites excluding steroid dienone is 2. The van der Waals surface area contributed by atoms with E-state index in [0.29, 0.717) is 5.92 Å². The number of hydrogen-bond acceptors (Lipinski definition) is 0. The Morgan fingerprint density at radius 1 is 0.500 bits per heavy atom. The standard InChI is InChI=1S/C35H28Se/c1-6-16-27(17-7-1)32-26-33(28-18-8-2-9-19-28)35(29-20-10-3-11-21-29,30-22-12-4-13-23-30)34(32)36-31-24-14-5-15-25-31/h1-25,33H,26H2. The van der Waals surface area contributed by atoms with Crippen LogP contribution in [0.4, 0.5) is 0 Å². The van der Waals surface area contributed by atoms with Gasteiger partial charge in [0.05, 0.1) is 0 Å². The van der Waals surface area contributed by atoms with Crippen molar-refractivity contribution in [2.45, 2.75) is 17.8 Å². The van der Waals surface area contributed by atoms with Crippen molar-refractivity contribution in [3.05, 3.63) is 178 Å². The first kappa shape index (κ1) is 22.8. The van der Waals surface area contributed by atoms with Crippen LogP contribution >= 0.6 is 0 Å². The van der Waals surface area contributed by atoms with E-state index in [0.717, 1.165) is 6.42 Å². The fraction of sp³-hybridized carbons (Fsp3) is 0.0857. The van der Waals surface area contributed by atoms with E-state index in [2.05, 4.69) is 152 Å². The molecule has 0 heterocycles. The van der Waals surface area contributed by atoms with E-state index in [4.69, 9.17) is 0 Å². The molecule has 1 aliphatic carbocycles. The Morgan fingerprint density at radius 2 is 0.944 bits per heavy atom. The second-order valence-electron chi connectivity index (χ2n) is 9.30. The topological polar surface area (TPSA) is 0 Å². The van der Waals surface area contributed by atoms with Crippen LogP contribution in [0.15, 0.2) is 156 Å². The van der Waals surface area contributed by atoms with Crippen molar-refractivity contribution in [3.63, 3.8) is 0 Å². The Balaban J connectivity index is 1.71. The molecule has 0 aromatic heterocycles. The molecule has 5 aromatic rings. The summed E-state index contributed by atoms with van der Waals surface area (Å²) in [4.78, 5) is 0. The molecule has 1 unspecified atom stereocenters. The van der Waals surface area contributed by atoms with Crippen LogP contribution in [0, 0.1) is 0 Å². The van der Waals surface area contributed by atoms with Crippen molar-refractivity contribution >= 4 is 25.0 Å². The summed E-state index contributed by atoms with van der Waals surface area (Å²) in [5.41, 5.74) is 6.76. The quantitative estimate of drug-likeness (QED) is 0.200. The summed E-state index contributed by atoms with van der Waals surface area (Å²) in [5.74, 6) is 0.305. The van der Waals surface area contributed by atoms with Gasteiger partial charge in [-0.2, -0.15) is 0 Å². The van der Waals surface area contributed by atoms with Crippen LogP contribution in [-0.2, 0) is 5.41 Å². The minimum atomic E-state index is -0.245. The fourth-order valence-corrected chi connectivity index (χ4v) is 8.69. The fourth-order valence-electron chi connectivity index (χ4n) is 5.77. The molecule has 1 aliphatic rings. The summed E-state index contributed by atoms with van der Waals surface area (Å²) in [7, 11) is 0. The average molecular weight is 528 g/mol. The Kier molecular flexibility index (Phi) is 6.43. The summed E-state index contributed by atoms with van der Waals surface area (Å²) < 4.78 is 2.98. The van der Waals surface area contributed by atoms with E-state index in [9.17, 15) is 0 Å². The molecule has 0 radical (unpaired) electrons. The number of rotatable bonds is 6. The molecule has 1 atom stereocenters. The van der Waals surface area contributed by atoms with Gasteiger partial charge in [-0.25, -0.2) is 0 Å². The second kappa shape index (κ2) is 10.2. The van der Waals surface area contributed by atoms with Gasteiger partial charge in [-0.05, 0) is 0 Å². The SMILES string of the molecule is c1ccc([Se]C2=C(c3ccccc3)CC(c3ccccc3)C2(c2ccccc2)c2ccccc2)cc1. The number of hydrogen-bond donors (Lipinski definition) is 0. The van der Waals surface area contributed by atoms with E-state index in [-0.39, 0.29) is 20.4 Å². The van der Waals surface area contributed by atoms with Gasteiger partial charge < -0.3 is 0 Å². The van der Waals surface area contributed by atoms with Gasteiger partial charge >= 0.3 is 221 Å². The Labute approximate surface area is 220 Å². The third-order valence-corrected chi connectivity index (χ3v) is 10.00. The molecular formula is C35H28Se. The molecule has 0 aliphatic heterocycles. The second-order valence-corrected chi connectivity index (χ2v) is 11.6. The van der Waals surface area contributed by atoms with E-state index >= 15 is 0 Å². The molecule has 0 fully saturated rings. The summed E-state index contributed by atoms with van der Waals surface area (Å²) in [6.45, 7) is 0. The van der Waals surface area contributed by atoms with E-state index in [1.54, 1.807) is 4.47 Å². The summed E-state index contributed by atoms with van der Waals surface area (Å²) in [6, 6.07) is 55.8. The van der Waals surface area contributed by atoms with Crippen molar-refractivity contribution in [1.82, 2.24) is 0 Å². The van der Waals surface area contributed by atoms with Gasteiger partial charge in [0.1, 0.15) is 0 Å². The third-order valence-electron chi connectivity index (χ3n) is 7.31. The van der Waals surface area contributed by atoms with Gasteiger partial charge in [-0.15, -0.1) is 0 Å². The zero-order valence-corrected chi connectivity index (χ0v) is 21.8. The van der Waals surface area contributed by atoms with Gasteiger partial charge in [-0.1, -0.05) is 0 Å². The van der Waals surface area contributed by atoms with Crippen LogP contribution in [0.3, 0.4) is 0 Å². The van der Waals surface area contributed by atoms with Crippen LogP contribution in [0.1, 0.15) is 34.6 Å². The molecule has 0 spiro atoms. The zero-order valence-electron chi connectivity index (χ0n) is 20.1. The molecule has 0 saturated heterocycles. The van der Waals surface area contributed by atoms with Gasteiger partial charge in [-0.3, -0.25) is 0 Å². The molecule has 0 bridgehead atoms. The van der Waals surface area contributed by atoms with E-state index in [1.165, 1.54) is 32.3 Å². The normalized spacial score (nSPS) is 16.7. The van der Waals surface area contributed by atoms with Crippen LogP contribution in [0.25, 0.3) is 5.57 Å². The maximum atomic E-state index is 2.35. The Hall–Kier alpha value is -3.64. The van der Waals surface area contributed by atoms with Gasteiger partial charge in [0, 0.05) is 0 Å². The molecule has 0 saturated carbocycles. The van der Waals surface area contributed by atoms with Crippen molar-refractivity contribution in [3.8, 4) is 0 Å². The molecule has 36 heavy (non-hydrogen) atoms. The van der Waals surface area contributed by atoms with Crippen LogP contribution < -0.4 is 4.46 Å². The van der Waals surface area contributed by atoms with Crippen LogP contribution in [0.2, 0.25) is 0 Å². The molecule has 6 rings (SSSR count). The summed E-state index contributed by atoms with van der Waals surface area (Å²) in [5, 5.41) is 0. The monoisotopic (exact) mass is 528 g/mol. The molecule has 0 N–H and O–H groups in total. The Bertz CT molecular complexity index is 1400. The van der Waals surface area contributed by atoms with Crippen molar-refractivity contribution in [2.75, 3.05) is 0 Å². The molecule has 0 amide bonds. The van der Waals surface area contributed by atoms with Crippen molar-refractivity contribution in [1.29, 1.82) is 0 Å². The van der Waals surface area contributed by atoms with Crippen LogP contribution in [-0.4, -0.2) is 15.0 Å². The predicted octanol–water partition coefficient (Wildman–Crippen LogP) is 7.60. The first-order valence-corrected chi connectivity index (χ1v) is 14.3. The summed E-state index contributed by atoms with van der Waals surface area (Å²) >= 11 is 0.154. The first-order chi connectivity index (χ1) is 17.9. The number of benzene rings is 5. The Morgan fingerprint density at radius 3 is 1.47 bits per heavy atom. The van der Waals surface area contributed by atoms with E-state index in [1.807, 2.05) is 0 Å². The minimum absolute atomic E-state index is 0.154. The third kappa shape index (κ3) is 4.05. The molecule has 5 aromatic carbocycles. The molecule has 1 heteroatoms. The van der Waals surface area contributed by atoms with E-state index < -0.39 is 0 Å². The maximum absolute atomic E-state index is 2.35. The van der Waals surface area contributed by atoms with Crippen molar-refractivity contribution < 1.29 is 0 Å². The molecule has 174 valence electrons. The van der Waals surface area contributed by atoms with Crippen molar-refractivity contribution in [2.24, 2.45) is 0 Å². The van der Waals surface area contributed by atoms with Crippen LogP contribution in [0.5, 0.6) is 0 Å². The molecular weight excluding hydrogens is 499 g/mol. The van der Waals surface area contributed by atoms with Gasteiger partial charge in [0.15, 0.2) is 0 Å². The molecule has 0 nitrogen and oxygen atoms in total. The summed E-state index contributed by atoms with van der Waals surface area (Å²) in [6.07, 6.45) is 1.02. The average Bonchev–Trinajstić information content (AvgIpc) is 3.31. The predicted molar refractivity (Wildman–Crippen MR) is 153 cm³/mol. The van der Waals surface area contributed by atoms with Gasteiger partial charge in [0.2, 0.25) is 0 Å². The first-order valence-electron chi connectivity index (χ1n) is 12.6.